The van der Waals surface area contributed by atoms with E-state index >= 15 is 0 Å². The predicted octanol–water partition coefficient (Wildman–Crippen LogP) is 2.96. The van der Waals surface area contributed by atoms with Crippen LogP contribution in [0.25, 0.3) is 11.3 Å². The van der Waals surface area contributed by atoms with Crippen LogP contribution in [0.5, 0.6) is 5.75 Å². The number of carbonyl (C=O) groups is 1. The van der Waals surface area contributed by atoms with E-state index in [0.29, 0.717) is 28.3 Å². The van der Waals surface area contributed by atoms with Crippen LogP contribution in [0.15, 0.2) is 53.5 Å². The molecule has 3 aromatic rings. The average molecular weight is 382 g/mol. The van der Waals surface area contributed by atoms with Crippen LogP contribution in [0.4, 0.5) is 10.1 Å². The van der Waals surface area contributed by atoms with Crippen molar-refractivity contribution in [2.75, 3.05) is 12.4 Å². The van der Waals surface area contributed by atoms with E-state index in [9.17, 15) is 14.0 Å². The first-order chi connectivity index (χ1) is 13.4. The topological polar surface area (TPSA) is 86.1 Å². The van der Waals surface area contributed by atoms with Gasteiger partial charge >= 0.3 is 5.69 Å². The zero-order chi connectivity index (χ0) is 20.3. The van der Waals surface area contributed by atoms with E-state index in [1.807, 2.05) is 0 Å². The number of aryl methyl sites for hydroxylation is 1. The number of nitrogens with one attached hydrogen (secondary N) is 1. The van der Waals surface area contributed by atoms with Crippen LogP contribution in [-0.4, -0.2) is 27.8 Å². The molecule has 0 radical (unpaired) electrons. The van der Waals surface area contributed by atoms with E-state index < -0.39 is 17.6 Å². The minimum absolute atomic E-state index is 0.389. The molecule has 0 aliphatic rings. The summed E-state index contributed by atoms with van der Waals surface area (Å²) < 4.78 is 19.3. The van der Waals surface area contributed by atoms with Gasteiger partial charge in [-0.3, -0.25) is 4.79 Å². The minimum atomic E-state index is -0.894. The third kappa shape index (κ3) is 4.06. The number of carbonyl (C=O) groups excluding carboxylic acids is 1. The molecule has 1 heterocycles. The van der Waals surface area contributed by atoms with Gasteiger partial charge in [0.05, 0.1) is 19.0 Å². The Morgan fingerprint density at radius 1 is 1.21 bits per heavy atom. The molecular formula is C20H19FN4O3. The zero-order valence-corrected chi connectivity index (χ0v) is 15.6. The molecule has 0 aliphatic carbocycles. The van der Waals surface area contributed by atoms with Crippen molar-refractivity contribution >= 4 is 11.6 Å². The van der Waals surface area contributed by atoms with E-state index in [2.05, 4.69) is 15.4 Å². The molecule has 2 aromatic carbocycles. The lowest BCUT2D eigenvalue weighted by molar-refractivity contribution is -0.119. The molecule has 0 fully saturated rings. The van der Waals surface area contributed by atoms with Crippen molar-refractivity contribution in [2.24, 2.45) is 0 Å². The van der Waals surface area contributed by atoms with Gasteiger partial charge in [-0.25, -0.2) is 13.9 Å². The smallest absolute Gasteiger partial charge is 0.365 e. The Morgan fingerprint density at radius 2 is 1.93 bits per heavy atom. The van der Waals surface area contributed by atoms with E-state index in [0.717, 1.165) is 4.68 Å². The first-order valence-electron chi connectivity index (χ1n) is 8.56. The number of methoxy groups -OCH3 is 1. The third-order valence-corrected chi connectivity index (χ3v) is 4.29. The predicted molar refractivity (Wildman–Crippen MR) is 103 cm³/mol. The number of hydrogen-bond donors (Lipinski definition) is 1. The molecule has 0 unspecified atom stereocenters. The second-order valence-corrected chi connectivity index (χ2v) is 6.22. The second-order valence-electron chi connectivity index (χ2n) is 6.22. The van der Waals surface area contributed by atoms with Crippen molar-refractivity contribution in [3.05, 3.63) is 70.5 Å². The first kappa shape index (κ1) is 19.2. The summed E-state index contributed by atoms with van der Waals surface area (Å²) in [6.07, 6.45) is 1.43. The average Bonchev–Trinajstić information content (AvgIpc) is 2.69. The monoisotopic (exact) mass is 382 g/mol. The summed E-state index contributed by atoms with van der Waals surface area (Å²) in [5.74, 6) is -0.158. The fourth-order valence-electron chi connectivity index (χ4n) is 2.63. The molecule has 0 bridgehead atoms. The summed E-state index contributed by atoms with van der Waals surface area (Å²) in [5, 5.41) is 6.76. The summed E-state index contributed by atoms with van der Waals surface area (Å²) in [5.41, 5.74) is 1.50. The van der Waals surface area contributed by atoms with Crippen LogP contribution in [0.3, 0.4) is 0 Å². The van der Waals surface area contributed by atoms with Crippen LogP contribution < -0.4 is 15.7 Å². The maximum absolute atomic E-state index is 13.2. The number of anilines is 1. The summed E-state index contributed by atoms with van der Waals surface area (Å²) in [6, 6.07) is 10.2. The largest absolute Gasteiger partial charge is 0.497 e. The molecule has 3 rings (SSSR count). The van der Waals surface area contributed by atoms with Crippen LogP contribution in [0, 0.1) is 12.7 Å². The van der Waals surface area contributed by atoms with E-state index in [4.69, 9.17) is 4.74 Å². The van der Waals surface area contributed by atoms with Gasteiger partial charge in [0.2, 0.25) is 5.91 Å². The van der Waals surface area contributed by atoms with Crippen molar-refractivity contribution in [1.29, 1.82) is 0 Å². The lowest BCUT2D eigenvalue weighted by atomic mass is 10.1. The molecule has 8 heteroatoms. The molecule has 0 saturated carbocycles. The number of nitrogens with zero attached hydrogens (tertiary/aromatic N) is 3. The van der Waals surface area contributed by atoms with Crippen LogP contribution in [0.2, 0.25) is 0 Å². The highest BCUT2D eigenvalue weighted by atomic mass is 19.1. The van der Waals surface area contributed by atoms with Crippen LogP contribution in [0.1, 0.15) is 18.5 Å². The summed E-state index contributed by atoms with van der Waals surface area (Å²) in [4.78, 5) is 28.9. The molecule has 0 saturated heterocycles. The van der Waals surface area contributed by atoms with E-state index in [1.54, 1.807) is 38.3 Å². The molecule has 7 nitrogen and oxygen atoms in total. The molecule has 1 aromatic heterocycles. The van der Waals surface area contributed by atoms with Crippen molar-refractivity contribution in [2.45, 2.75) is 19.9 Å². The Balaban J connectivity index is 1.80. The van der Waals surface area contributed by atoms with Crippen molar-refractivity contribution < 1.29 is 13.9 Å². The molecule has 1 atom stereocenters. The Hall–Kier alpha value is -3.55. The van der Waals surface area contributed by atoms with E-state index in [1.165, 1.54) is 31.3 Å². The lowest BCUT2D eigenvalue weighted by Crippen LogP contribution is -2.35. The number of halogens is 1. The van der Waals surface area contributed by atoms with Gasteiger partial charge in [0, 0.05) is 11.3 Å². The molecular weight excluding hydrogens is 363 g/mol. The Bertz CT molecular complexity index is 1060. The Morgan fingerprint density at radius 3 is 2.54 bits per heavy atom. The molecule has 144 valence electrons. The maximum atomic E-state index is 13.2. The normalized spacial score (nSPS) is 11.7. The maximum Gasteiger partial charge on any atom is 0.365 e. The summed E-state index contributed by atoms with van der Waals surface area (Å²) in [7, 11) is 1.57. The van der Waals surface area contributed by atoms with Gasteiger partial charge in [0.1, 0.15) is 17.6 Å². The number of benzene rings is 2. The fourth-order valence-corrected chi connectivity index (χ4v) is 2.63. The molecule has 1 amide bonds. The second kappa shape index (κ2) is 7.99. The van der Waals surface area contributed by atoms with Gasteiger partial charge < -0.3 is 10.1 Å². The first-order valence-corrected chi connectivity index (χ1v) is 8.56. The number of amides is 1. The molecule has 28 heavy (non-hydrogen) atoms. The number of rotatable bonds is 5. The number of hydrogen-bond acceptors (Lipinski definition) is 5. The lowest BCUT2D eigenvalue weighted by Gasteiger charge is -2.15. The van der Waals surface area contributed by atoms with Gasteiger partial charge in [-0.2, -0.15) is 10.1 Å². The standard InChI is InChI=1S/C20H19FN4O3/c1-12-10-15(21)6-9-17(12)23-19(26)13(2)25-20(27)24-18(11-22-25)14-4-7-16(28-3)8-5-14/h4-11,13H,1-3H3,(H,23,26)/t13-/m1/s1. The highest BCUT2D eigenvalue weighted by molar-refractivity contribution is 5.94. The van der Waals surface area contributed by atoms with Gasteiger partial charge in [-0.15, -0.1) is 0 Å². The summed E-state index contributed by atoms with van der Waals surface area (Å²) in [6.45, 7) is 3.22. The van der Waals surface area contributed by atoms with Gasteiger partial charge in [0.15, 0.2) is 0 Å². The Kier molecular flexibility index (Phi) is 5.49. The third-order valence-electron chi connectivity index (χ3n) is 4.29. The SMILES string of the molecule is COc1ccc(-c2cnn([C@H](C)C(=O)Nc3ccc(F)cc3C)c(=O)n2)cc1. The van der Waals surface area contributed by atoms with Crippen LogP contribution >= 0.6 is 0 Å². The fraction of sp³-hybridized carbons (Fsp3) is 0.200. The number of ether oxygens (including phenoxy) is 1. The van der Waals surface area contributed by atoms with Gasteiger partial charge in [-0.1, -0.05) is 0 Å². The van der Waals surface area contributed by atoms with E-state index in [-0.39, 0.29) is 5.82 Å². The van der Waals surface area contributed by atoms with Crippen molar-refractivity contribution in [3.8, 4) is 17.0 Å². The van der Waals surface area contributed by atoms with Crippen molar-refractivity contribution in [3.63, 3.8) is 0 Å². The van der Waals surface area contributed by atoms with Crippen LogP contribution in [-0.2, 0) is 4.79 Å². The highest BCUT2D eigenvalue weighted by Gasteiger charge is 2.19. The Labute approximate surface area is 160 Å². The molecule has 1 N–H and O–H groups in total. The number of aromatic nitrogens is 3. The quantitative estimate of drug-likeness (QED) is 0.733. The van der Waals surface area contributed by atoms with Gasteiger partial charge in [0.25, 0.3) is 0 Å². The zero-order valence-electron chi connectivity index (χ0n) is 15.6. The summed E-state index contributed by atoms with van der Waals surface area (Å²) >= 11 is 0. The van der Waals surface area contributed by atoms with Gasteiger partial charge in [-0.05, 0) is 61.9 Å². The van der Waals surface area contributed by atoms with Crippen molar-refractivity contribution in [1.82, 2.24) is 14.8 Å². The highest BCUT2D eigenvalue weighted by Crippen LogP contribution is 2.20. The molecule has 0 spiro atoms. The minimum Gasteiger partial charge on any atom is -0.497 e. The molecule has 0 aliphatic heterocycles.